The summed E-state index contributed by atoms with van der Waals surface area (Å²) in [5, 5.41) is 6.78. The van der Waals surface area contributed by atoms with Crippen LogP contribution in [0.3, 0.4) is 0 Å². The maximum Gasteiger partial charge on any atom is 0.416 e. The topological polar surface area (TPSA) is 62.2 Å². The van der Waals surface area contributed by atoms with E-state index in [0.717, 1.165) is 41.2 Å². The van der Waals surface area contributed by atoms with Gasteiger partial charge in [0, 0.05) is 42.4 Å². The highest BCUT2D eigenvalue weighted by molar-refractivity contribution is 7.80. The number of thiocarbonyl (C=S) groups is 1. The molecule has 2 N–H and O–H groups in total. The Bertz CT molecular complexity index is 1500. The normalized spacial score (nSPS) is 17.1. The van der Waals surface area contributed by atoms with E-state index in [1.807, 2.05) is 60.4 Å². The maximum atomic E-state index is 13.5. The first-order valence-electron chi connectivity index (χ1n) is 13.0. The van der Waals surface area contributed by atoms with E-state index in [2.05, 4.69) is 15.6 Å². The summed E-state index contributed by atoms with van der Waals surface area (Å²) in [6.07, 6.45) is -0.100. The van der Waals surface area contributed by atoms with Crippen molar-refractivity contribution in [2.45, 2.75) is 38.0 Å². The lowest BCUT2D eigenvalue weighted by Gasteiger charge is -2.29. The molecular formula is C30H28F3N5OS. The lowest BCUT2D eigenvalue weighted by molar-refractivity contribution is -0.137. The van der Waals surface area contributed by atoms with Gasteiger partial charge in [0.25, 0.3) is 0 Å². The Balaban J connectivity index is 1.46. The van der Waals surface area contributed by atoms with Gasteiger partial charge in [-0.1, -0.05) is 37.3 Å². The smallest absolute Gasteiger partial charge is 0.352 e. The van der Waals surface area contributed by atoms with Crippen molar-refractivity contribution in [3.63, 3.8) is 0 Å². The molecule has 4 aromatic rings. The number of pyridine rings is 1. The van der Waals surface area contributed by atoms with Crippen molar-refractivity contribution >= 4 is 28.9 Å². The number of rotatable bonds is 8. The lowest BCUT2D eigenvalue weighted by Crippen LogP contribution is -2.33. The predicted molar refractivity (Wildman–Crippen MR) is 152 cm³/mol. The highest BCUT2D eigenvalue weighted by atomic mass is 32.1. The second kappa shape index (κ2) is 11.5. The molecule has 6 nitrogen and oxygen atoms in total. The average Bonchev–Trinajstić information content (AvgIpc) is 3.56. The number of aryl methyl sites for hydroxylation is 1. The Morgan fingerprint density at radius 3 is 2.60 bits per heavy atom. The number of alkyl halides is 3. The van der Waals surface area contributed by atoms with Crippen molar-refractivity contribution < 1.29 is 18.0 Å². The summed E-state index contributed by atoms with van der Waals surface area (Å²) in [6.45, 7) is 2.33. The fourth-order valence-corrected chi connectivity index (χ4v) is 5.39. The molecule has 1 aliphatic rings. The summed E-state index contributed by atoms with van der Waals surface area (Å²) >= 11 is 5.72. The van der Waals surface area contributed by atoms with Crippen LogP contribution in [0.4, 0.5) is 18.9 Å². The van der Waals surface area contributed by atoms with Gasteiger partial charge in [0.2, 0.25) is 5.91 Å². The molecule has 40 heavy (non-hydrogen) atoms. The van der Waals surface area contributed by atoms with Gasteiger partial charge in [0.1, 0.15) is 0 Å². The van der Waals surface area contributed by atoms with E-state index in [1.54, 1.807) is 29.1 Å². The predicted octanol–water partition coefficient (Wildman–Crippen LogP) is 6.45. The Labute approximate surface area is 235 Å². The molecule has 3 heterocycles. The highest BCUT2D eigenvalue weighted by Gasteiger charge is 2.41. The fourth-order valence-electron chi connectivity index (χ4n) is 5.06. The van der Waals surface area contributed by atoms with Crippen molar-refractivity contribution in [1.82, 2.24) is 19.8 Å². The van der Waals surface area contributed by atoms with Crippen molar-refractivity contribution in [2.24, 2.45) is 0 Å². The third kappa shape index (κ3) is 5.72. The van der Waals surface area contributed by atoms with Crippen molar-refractivity contribution in [3.8, 4) is 5.69 Å². The number of amides is 1. The SMILES string of the molecule is CCc1ccccc1NC(=O)CCN1C(=S)N[C@@H](c2ccccn2)[C@@H]1c1cccn1-c1cccc(C(F)(F)F)c1. The Kier molecular flexibility index (Phi) is 7.88. The molecule has 2 aromatic carbocycles. The van der Waals surface area contributed by atoms with Crippen molar-refractivity contribution in [3.05, 3.63) is 114 Å². The molecule has 0 aliphatic carbocycles. The molecule has 1 saturated heterocycles. The van der Waals surface area contributed by atoms with Crippen LogP contribution in [-0.2, 0) is 17.4 Å². The summed E-state index contributed by atoms with van der Waals surface area (Å²) in [6, 6.07) is 21.3. The zero-order valence-electron chi connectivity index (χ0n) is 21.7. The van der Waals surface area contributed by atoms with Crippen LogP contribution < -0.4 is 10.6 Å². The third-order valence-corrected chi connectivity index (χ3v) is 7.34. The minimum absolute atomic E-state index is 0.156. The van der Waals surface area contributed by atoms with E-state index in [1.165, 1.54) is 6.07 Å². The van der Waals surface area contributed by atoms with Crippen LogP contribution in [0.2, 0.25) is 0 Å². The molecule has 10 heteroatoms. The quantitative estimate of drug-likeness (QED) is 0.241. The van der Waals surface area contributed by atoms with Gasteiger partial charge in [0.15, 0.2) is 5.11 Å². The third-order valence-electron chi connectivity index (χ3n) is 6.98. The fraction of sp³-hybridized carbons (Fsp3) is 0.233. The van der Waals surface area contributed by atoms with Gasteiger partial charge in [-0.25, -0.2) is 0 Å². The number of para-hydroxylation sites is 1. The summed E-state index contributed by atoms with van der Waals surface area (Å²) in [4.78, 5) is 19.4. The van der Waals surface area contributed by atoms with Gasteiger partial charge >= 0.3 is 6.18 Å². The molecule has 0 saturated carbocycles. The molecule has 1 aliphatic heterocycles. The summed E-state index contributed by atoms with van der Waals surface area (Å²) in [5.74, 6) is -0.156. The first kappa shape index (κ1) is 27.4. The Hall–Kier alpha value is -4.18. The highest BCUT2D eigenvalue weighted by Crippen LogP contribution is 2.40. The number of nitrogens with zero attached hydrogens (tertiary/aromatic N) is 3. The van der Waals surface area contributed by atoms with Gasteiger partial charge in [-0.2, -0.15) is 13.2 Å². The lowest BCUT2D eigenvalue weighted by atomic mass is 10.0. The number of hydrogen-bond acceptors (Lipinski definition) is 3. The second-order valence-electron chi connectivity index (χ2n) is 9.48. The van der Waals surface area contributed by atoms with Crippen LogP contribution in [-0.4, -0.2) is 32.0 Å². The molecule has 0 radical (unpaired) electrons. The molecule has 1 amide bonds. The van der Waals surface area contributed by atoms with Gasteiger partial charge < -0.3 is 20.1 Å². The zero-order chi connectivity index (χ0) is 28.3. The number of nitrogens with one attached hydrogen (secondary N) is 2. The van der Waals surface area contributed by atoms with Gasteiger partial charge in [-0.3, -0.25) is 9.78 Å². The van der Waals surface area contributed by atoms with Crippen LogP contribution in [0.15, 0.2) is 91.3 Å². The number of anilines is 1. The van der Waals surface area contributed by atoms with Crippen LogP contribution in [0.25, 0.3) is 5.69 Å². The molecule has 2 aromatic heterocycles. The zero-order valence-corrected chi connectivity index (χ0v) is 22.5. The molecular weight excluding hydrogens is 535 g/mol. The molecule has 2 atom stereocenters. The molecule has 206 valence electrons. The van der Waals surface area contributed by atoms with Crippen LogP contribution >= 0.6 is 12.2 Å². The first-order valence-corrected chi connectivity index (χ1v) is 13.4. The molecule has 0 bridgehead atoms. The average molecular weight is 564 g/mol. The monoisotopic (exact) mass is 563 g/mol. The largest absolute Gasteiger partial charge is 0.416 e. The number of carbonyl (C=O) groups is 1. The van der Waals surface area contributed by atoms with E-state index >= 15 is 0 Å². The molecule has 5 rings (SSSR count). The van der Waals surface area contributed by atoms with Crippen molar-refractivity contribution in [1.29, 1.82) is 0 Å². The Morgan fingerprint density at radius 1 is 1.05 bits per heavy atom. The maximum absolute atomic E-state index is 13.5. The second-order valence-corrected chi connectivity index (χ2v) is 9.87. The standard InChI is InChI=1S/C30H28F3N5OS/c1-2-20-9-3-4-12-23(20)35-26(39)15-18-38-28(27(36-29(38)40)24-13-5-6-16-34-24)25-14-8-17-37(25)22-11-7-10-21(19-22)30(31,32)33/h3-14,16-17,19,27-28H,2,15,18H2,1H3,(H,35,39)(H,36,40)/t27-,28-/m0/s1. The van der Waals surface area contributed by atoms with E-state index < -0.39 is 17.8 Å². The van der Waals surface area contributed by atoms with E-state index in [0.29, 0.717) is 17.3 Å². The van der Waals surface area contributed by atoms with Gasteiger partial charge in [-0.05, 0) is 72.7 Å². The summed E-state index contributed by atoms with van der Waals surface area (Å²) < 4.78 is 42.2. The van der Waals surface area contributed by atoms with E-state index in [4.69, 9.17) is 12.2 Å². The van der Waals surface area contributed by atoms with Gasteiger partial charge in [0.05, 0.1) is 23.3 Å². The first-order chi connectivity index (χ1) is 19.3. The van der Waals surface area contributed by atoms with Crippen LogP contribution in [0, 0.1) is 0 Å². The number of aromatic nitrogens is 2. The summed E-state index contributed by atoms with van der Waals surface area (Å²) in [7, 11) is 0. The summed E-state index contributed by atoms with van der Waals surface area (Å²) in [5.41, 5.74) is 2.92. The number of hydrogen-bond donors (Lipinski definition) is 2. The molecule has 1 fully saturated rings. The van der Waals surface area contributed by atoms with Crippen LogP contribution in [0.5, 0.6) is 0 Å². The number of carbonyl (C=O) groups excluding carboxylic acids is 1. The van der Waals surface area contributed by atoms with Crippen molar-refractivity contribution in [2.75, 3.05) is 11.9 Å². The number of benzene rings is 2. The van der Waals surface area contributed by atoms with Gasteiger partial charge in [-0.15, -0.1) is 0 Å². The molecule has 0 spiro atoms. The minimum Gasteiger partial charge on any atom is -0.352 e. The van der Waals surface area contributed by atoms with E-state index in [9.17, 15) is 18.0 Å². The Morgan fingerprint density at radius 2 is 1.85 bits per heavy atom. The van der Waals surface area contributed by atoms with E-state index in [-0.39, 0.29) is 18.4 Å². The minimum atomic E-state index is -4.47. The number of halogens is 3. The van der Waals surface area contributed by atoms with Crippen LogP contribution in [0.1, 0.15) is 47.9 Å². The molecule has 0 unspecified atom stereocenters.